The highest BCUT2D eigenvalue weighted by Gasteiger charge is 2.38. The molecular weight excluding hydrogens is 365 g/mol. The molecule has 0 bridgehead atoms. The number of benzene rings is 1. The Labute approximate surface area is 150 Å². The molecule has 0 radical (unpaired) electrons. The van der Waals surface area contributed by atoms with Gasteiger partial charge in [0.15, 0.2) is 0 Å². The molecule has 142 valence electrons. The predicted molar refractivity (Wildman–Crippen MR) is 90.2 cm³/mol. The van der Waals surface area contributed by atoms with Crippen LogP contribution in [0.25, 0.3) is 10.4 Å². The number of nitrogens with zero attached hydrogens (tertiary/aromatic N) is 3. The standard InChI is InChI=1S/C15H20N3O7P/c1-10-7-13(14(24-10)9-23-26(20,21)22-2)25-15(19)12-6-4-3-5-11(12)8-17-18-16/h3-6,10,13-14H,7-9H2,1-2H3,(H,20,21). The summed E-state index contributed by atoms with van der Waals surface area (Å²) < 4.78 is 31.7. The molecule has 0 saturated carbocycles. The van der Waals surface area contributed by atoms with Crippen LogP contribution >= 0.6 is 7.82 Å². The first-order chi connectivity index (χ1) is 12.4. The van der Waals surface area contributed by atoms with E-state index in [1.54, 1.807) is 31.2 Å². The SMILES string of the molecule is COP(=O)(O)OCC1OC(C)CC1OC(=O)c1ccccc1CN=[N+]=[N-]. The fourth-order valence-corrected chi connectivity index (χ4v) is 3.02. The molecule has 1 heterocycles. The van der Waals surface area contributed by atoms with Crippen molar-refractivity contribution in [1.82, 2.24) is 0 Å². The van der Waals surface area contributed by atoms with E-state index < -0.39 is 26.0 Å². The minimum absolute atomic E-state index is 0.0212. The van der Waals surface area contributed by atoms with Crippen molar-refractivity contribution in [3.63, 3.8) is 0 Å². The predicted octanol–water partition coefficient (Wildman–Crippen LogP) is 2.96. The highest BCUT2D eigenvalue weighted by Crippen LogP contribution is 2.42. The second-order valence-corrected chi connectivity index (χ2v) is 7.22. The second kappa shape index (κ2) is 9.14. The van der Waals surface area contributed by atoms with Gasteiger partial charge in [-0.05, 0) is 24.1 Å². The van der Waals surface area contributed by atoms with Crippen molar-refractivity contribution >= 4 is 13.8 Å². The maximum atomic E-state index is 12.5. The van der Waals surface area contributed by atoms with Crippen LogP contribution in [-0.4, -0.2) is 42.9 Å². The van der Waals surface area contributed by atoms with E-state index in [0.29, 0.717) is 12.0 Å². The van der Waals surface area contributed by atoms with Gasteiger partial charge in [-0.2, -0.15) is 0 Å². The average Bonchev–Trinajstić information content (AvgIpc) is 2.97. The third kappa shape index (κ3) is 5.54. The van der Waals surface area contributed by atoms with Crippen LogP contribution in [0.5, 0.6) is 0 Å². The van der Waals surface area contributed by atoms with E-state index in [1.165, 1.54) is 0 Å². The van der Waals surface area contributed by atoms with Crippen LogP contribution in [0.3, 0.4) is 0 Å². The number of hydrogen-bond acceptors (Lipinski definition) is 7. The molecular formula is C15H20N3O7P. The molecule has 0 spiro atoms. The Balaban J connectivity index is 2.07. The van der Waals surface area contributed by atoms with Gasteiger partial charge in [-0.15, -0.1) is 0 Å². The number of phosphoric acid groups is 1. The Morgan fingerprint density at radius 2 is 2.23 bits per heavy atom. The molecule has 1 aromatic rings. The third-order valence-corrected chi connectivity index (χ3v) is 4.76. The lowest BCUT2D eigenvalue weighted by molar-refractivity contribution is -0.0312. The molecule has 26 heavy (non-hydrogen) atoms. The molecule has 0 amide bonds. The normalized spacial score (nSPS) is 24.5. The summed E-state index contributed by atoms with van der Waals surface area (Å²) in [6.45, 7) is 1.56. The monoisotopic (exact) mass is 385 g/mol. The fourth-order valence-electron chi connectivity index (χ4n) is 2.58. The zero-order valence-corrected chi connectivity index (χ0v) is 15.2. The fraction of sp³-hybridized carbons (Fsp3) is 0.533. The van der Waals surface area contributed by atoms with Crippen LogP contribution in [0.2, 0.25) is 0 Å². The van der Waals surface area contributed by atoms with Gasteiger partial charge >= 0.3 is 13.8 Å². The van der Waals surface area contributed by atoms with Crippen LogP contribution in [-0.2, 0) is 29.6 Å². The first kappa shape index (κ1) is 20.4. The maximum Gasteiger partial charge on any atom is 0.472 e. The summed E-state index contributed by atoms with van der Waals surface area (Å²) in [4.78, 5) is 24.5. The van der Waals surface area contributed by atoms with Crippen molar-refractivity contribution in [1.29, 1.82) is 0 Å². The van der Waals surface area contributed by atoms with Gasteiger partial charge in [0.2, 0.25) is 0 Å². The van der Waals surface area contributed by atoms with Crippen molar-refractivity contribution in [2.24, 2.45) is 5.11 Å². The number of azide groups is 1. The molecule has 1 fully saturated rings. The number of esters is 1. The van der Waals surface area contributed by atoms with E-state index in [4.69, 9.17) is 19.5 Å². The second-order valence-electron chi connectivity index (χ2n) is 5.66. The van der Waals surface area contributed by atoms with Gasteiger partial charge in [0.1, 0.15) is 12.2 Å². The third-order valence-electron chi connectivity index (χ3n) is 3.82. The van der Waals surface area contributed by atoms with Crippen molar-refractivity contribution in [2.45, 2.75) is 38.2 Å². The molecule has 1 saturated heterocycles. The zero-order chi connectivity index (χ0) is 19.2. The molecule has 10 nitrogen and oxygen atoms in total. The van der Waals surface area contributed by atoms with Crippen molar-refractivity contribution in [2.75, 3.05) is 13.7 Å². The summed E-state index contributed by atoms with van der Waals surface area (Å²) in [5, 5.41) is 3.47. The van der Waals surface area contributed by atoms with Crippen LogP contribution in [0.4, 0.5) is 0 Å². The first-order valence-corrected chi connectivity index (χ1v) is 9.34. The minimum atomic E-state index is -4.15. The quantitative estimate of drug-likeness (QED) is 0.238. The van der Waals surface area contributed by atoms with Gasteiger partial charge in [-0.25, -0.2) is 9.36 Å². The van der Waals surface area contributed by atoms with E-state index in [1.807, 2.05) is 0 Å². The van der Waals surface area contributed by atoms with Gasteiger partial charge in [-0.1, -0.05) is 23.3 Å². The van der Waals surface area contributed by atoms with Crippen LogP contribution in [0, 0.1) is 0 Å². The first-order valence-electron chi connectivity index (χ1n) is 7.84. The van der Waals surface area contributed by atoms with Crippen LogP contribution in [0.1, 0.15) is 29.3 Å². The largest absolute Gasteiger partial charge is 0.472 e. The highest BCUT2D eigenvalue weighted by molar-refractivity contribution is 7.47. The summed E-state index contributed by atoms with van der Waals surface area (Å²) in [5.41, 5.74) is 9.27. The molecule has 0 aliphatic carbocycles. The number of rotatable bonds is 8. The average molecular weight is 385 g/mol. The van der Waals surface area contributed by atoms with Gasteiger partial charge in [0.25, 0.3) is 0 Å². The van der Waals surface area contributed by atoms with Gasteiger partial charge in [-0.3, -0.25) is 9.05 Å². The Morgan fingerprint density at radius 3 is 2.92 bits per heavy atom. The van der Waals surface area contributed by atoms with E-state index in [9.17, 15) is 14.3 Å². The lowest BCUT2D eigenvalue weighted by Crippen LogP contribution is -2.31. The number of carbonyl (C=O) groups is 1. The molecule has 4 atom stereocenters. The molecule has 1 aliphatic rings. The molecule has 2 rings (SSSR count). The molecule has 1 N–H and O–H groups in total. The Morgan fingerprint density at radius 1 is 1.50 bits per heavy atom. The Bertz CT molecular complexity index is 738. The summed E-state index contributed by atoms with van der Waals surface area (Å²) >= 11 is 0. The van der Waals surface area contributed by atoms with Gasteiger partial charge < -0.3 is 14.4 Å². The van der Waals surface area contributed by atoms with Gasteiger partial charge in [0.05, 0.1) is 24.8 Å². The molecule has 4 unspecified atom stereocenters. The van der Waals surface area contributed by atoms with E-state index in [0.717, 1.165) is 7.11 Å². The smallest absolute Gasteiger partial charge is 0.456 e. The molecule has 1 aliphatic heterocycles. The van der Waals surface area contributed by atoms with E-state index in [2.05, 4.69) is 14.5 Å². The van der Waals surface area contributed by atoms with E-state index in [-0.39, 0.29) is 24.8 Å². The summed E-state index contributed by atoms with van der Waals surface area (Å²) in [5.74, 6) is -0.597. The zero-order valence-electron chi connectivity index (χ0n) is 14.3. The number of hydrogen-bond donors (Lipinski definition) is 1. The Kier molecular flexibility index (Phi) is 7.16. The molecule has 0 aromatic heterocycles. The van der Waals surface area contributed by atoms with Crippen LogP contribution in [0.15, 0.2) is 29.4 Å². The summed E-state index contributed by atoms with van der Waals surface area (Å²) in [6.07, 6.45) is -1.14. The van der Waals surface area contributed by atoms with Crippen molar-refractivity contribution in [3.05, 3.63) is 45.8 Å². The van der Waals surface area contributed by atoms with Crippen molar-refractivity contribution in [3.8, 4) is 0 Å². The lowest BCUT2D eigenvalue weighted by atomic mass is 10.1. The van der Waals surface area contributed by atoms with Crippen molar-refractivity contribution < 1.29 is 32.8 Å². The minimum Gasteiger partial charge on any atom is -0.456 e. The highest BCUT2D eigenvalue weighted by atomic mass is 31.2. The number of carbonyl (C=O) groups excluding carboxylic acids is 1. The van der Waals surface area contributed by atoms with Gasteiger partial charge in [0, 0.05) is 18.4 Å². The maximum absolute atomic E-state index is 12.5. The lowest BCUT2D eigenvalue weighted by Gasteiger charge is -2.20. The number of phosphoric ester groups is 1. The summed E-state index contributed by atoms with van der Waals surface area (Å²) in [6, 6.07) is 6.63. The van der Waals surface area contributed by atoms with Crippen LogP contribution < -0.4 is 0 Å². The van der Waals surface area contributed by atoms with E-state index >= 15 is 0 Å². The number of ether oxygens (including phenoxy) is 2. The Hall–Kier alpha value is -1.93. The topological polar surface area (TPSA) is 140 Å². The molecule has 11 heteroatoms. The summed E-state index contributed by atoms with van der Waals surface area (Å²) in [7, 11) is -3.10. The molecule has 1 aromatic carbocycles.